The lowest BCUT2D eigenvalue weighted by Crippen LogP contribution is -2.22. The van der Waals surface area contributed by atoms with E-state index in [0.717, 1.165) is 11.1 Å². The fourth-order valence-electron chi connectivity index (χ4n) is 2.37. The van der Waals surface area contributed by atoms with Crippen LogP contribution in [-0.2, 0) is 22.6 Å². The van der Waals surface area contributed by atoms with E-state index in [1.54, 1.807) is 0 Å². The van der Waals surface area contributed by atoms with Crippen LogP contribution in [0.1, 0.15) is 18.1 Å². The van der Waals surface area contributed by atoms with Gasteiger partial charge in [0.25, 0.3) is 0 Å². The minimum atomic E-state index is -4.72. The van der Waals surface area contributed by atoms with E-state index in [9.17, 15) is 13.2 Å². The van der Waals surface area contributed by atoms with Gasteiger partial charge in [0, 0.05) is 12.3 Å². The van der Waals surface area contributed by atoms with E-state index in [2.05, 4.69) is 15.0 Å². The topological polar surface area (TPSA) is 78.1 Å². The number of rotatable bonds is 10. The molecule has 0 saturated carbocycles. The average molecular weight is 539 g/mol. The molecule has 10 heteroatoms. The second kappa shape index (κ2) is 13.3. The van der Waals surface area contributed by atoms with Crippen LogP contribution >= 0.6 is 24.0 Å². The highest BCUT2D eigenvalue weighted by Crippen LogP contribution is 2.23. The molecule has 30 heavy (non-hydrogen) atoms. The Morgan fingerprint density at radius 3 is 2.37 bits per heavy atom. The SMILES string of the molecule is CCOCCOCc1cccc(CN=C(N)Nc2ccc(OC(F)(F)F)cc2)c1.I. The van der Waals surface area contributed by atoms with Crippen molar-refractivity contribution < 1.29 is 27.4 Å². The van der Waals surface area contributed by atoms with Gasteiger partial charge in [-0.05, 0) is 42.3 Å². The van der Waals surface area contributed by atoms with Crippen molar-refractivity contribution in [1.29, 1.82) is 0 Å². The summed E-state index contributed by atoms with van der Waals surface area (Å²) in [4.78, 5) is 4.24. The van der Waals surface area contributed by atoms with E-state index in [-0.39, 0.29) is 35.7 Å². The lowest BCUT2D eigenvalue weighted by molar-refractivity contribution is -0.274. The molecule has 0 aliphatic heterocycles. The Bertz CT molecular complexity index is 787. The molecule has 2 aromatic rings. The lowest BCUT2D eigenvalue weighted by atomic mass is 10.1. The molecule has 2 aromatic carbocycles. The molecule has 0 heterocycles. The number of ether oxygens (including phenoxy) is 3. The molecule has 2 rings (SSSR count). The number of aliphatic imine (C=N–C) groups is 1. The Morgan fingerprint density at radius 2 is 1.70 bits per heavy atom. The van der Waals surface area contributed by atoms with E-state index in [0.29, 0.717) is 38.7 Å². The molecule has 0 fully saturated rings. The molecule has 0 bridgehead atoms. The van der Waals surface area contributed by atoms with Crippen LogP contribution in [0.25, 0.3) is 0 Å². The number of guanidine groups is 1. The Morgan fingerprint density at radius 1 is 1.03 bits per heavy atom. The molecule has 0 unspecified atom stereocenters. The van der Waals surface area contributed by atoms with Crippen molar-refractivity contribution in [3.8, 4) is 5.75 Å². The van der Waals surface area contributed by atoms with Crippen LogP contribution in [0.4, 0.5) is 18.9 Å². The summed E-state index contributed by atoms with van der Waals surface area (Å²) >= 11 is 0. The molecule has 6 nitrogen and oxygen atoms in total. The molecule has 0 atom stereocenters. The fraction of sp³-hybridized carbons (Fsp3) is 0.350. The van der Waals surface area contributed by atoms with Gasteiger partial charge in [0.05, 0.1) is 26.4 Å². The maximum Gasteiger partial charge on any atom is 0.573 e. The largest absolute Gasteiger partial charge is 0.573 e. The number of benzene rings is 2. The van der Waals surface area contributed by atoms with E-state index >= 15 is 0 Å². The predicted octanol–water partition coefficient (Wildman–Crippen LogP) is 4.68. The normalized spacial score (nSPS) is 11.7. The fourth-order valence-corrected chi connectivity index (χ4v) is 2.37. The highest BCUT2D eigenvalue weighted by atomic mass is 127. The van der Waals surface area contributed by atoms with E-state index < -0.39 is 6.36 Å². The molecule has 0 radical (unpaired) electrons. The second-order valence-corrected chi connectivity index (χ2v) is 5.97. The smallest absolute Gasteiger partial charge is 0.406 e. The highest BCUT2D eigenvalue weighted by Gasteiger charge is 2.30. The van der Waals surface area contributed by atoms with Gasteiger partial charge in [0.1, 0.15) is 5.75 Å². The summed E-state index contributed by atoms with van der Waals surface area (Å²) in [6.45, 7) is 4.51. The molecule has 3 N–H and O–H groups in total. The second-order valence-electron chi connectivity index (χ2n) is 5.97. The average Bonchev–Trinajstić information content (AvgIpc) is 2.67. The molecule has 0 saturated heterocycles. The molecule has 0 amide bonds. The zero-order chi connectivity index (χ0) is 21.1. The number of nitrogens with one attached hydrogen (secondary N) is 1. The summed E-state index contributed by atoms with van der Waals surface area (Å²) < 4.78 is 51.1. The summed E-state index contributed by atoms with van der Waals surface area (Å²) in [6.07, 6.45) is -4.72. The maximum atomic E-state index is 12.2. The monoisotopic (exact) mass is 539 g/mol. The van der Waals surface area contributed by atoms with Gasteiger partial charge in [-0.15, -0.1) is 37.1 Å². The molecule has 0 aliphatic carbocycles. The van der Waals surface area contributed by atoms with Crippen LogP contribution < -0.4 is 15.8 Å². The molecule has 0 spiro atoms. The van der Waals surface area contributed by atoms with Gasteiger partial charge in [-0.25, -0.2) is 4.99 Å². The Labute approximate surface area is 190 Å². The van der Waals surface area contributed by atoms with Gasteiger partial charge in [0.15, 0.2) is 5.96 Å². The quantitative estimate of drug-likeness (QED) is 0.199. The van der Waals surface area contributed by atoms with Gasteiger partial charge in [0.2, 0.25) is 0 Å². The van der Waals surface area contributed by atoms with Crippen LogP contribution in [0.3, 0.4) is 0 Å². The molecular weight excluding hydrogens is 514 g/mol. The van der Waals surface area contributed by atoms with Crippen molar-refractivity contribution in [2.75, 3.05) is 25.1 Å². The first-order valence-corrected chi connectivity index (χ1v) is 9.02. The summed E-state index contributed by atoms with van der Waals surface area (Å²) in [5.74, 6) is -0.160. The zero-order valence-corrected chi connectivity index (χ0v) is 18.8. The summed E-state index contributed by atoms with van der Waals surface area (Å²) in [5.41, 5.74) is 8.31. The van der Waals surface area contributed by atoms with Gasteiger partial charge >= 0.3 is 6.36 Å². The minimum Gasteiger partial charge on any atom is -0.406 e. The summed E-state index contributed by atoms with van der Waals surface area (Å²) in [6, 6.07) is 13.0. The number of hydrogen-bond acceptors (Lipinski definition) is 4. The number of alkyl halides is 3. The molecule has 0 aromatic heterocycles. The Balaban J connectivity index is 0.00000450. The first-order valence-electron chi connectivity index (χ1n) is 9.02. The van der Waals surface area contributed by atoms with Gasteiger partial charge in [-0.2, -0.15) is 0 Å². The van der Waals surface area contributed by atoms with Gasteiger partial charge in [-0.1, -0.05) is 24.3 Å². The van der Waals surface area contributed by atoms with Crippen molar-refractivity contribution in [3.05, 3.63) is 59.7 Å². The van der Waals surface area contributed by atoms with Crippen molar-refractivity contribution in [2.45, 2.75) is 26.4 Å². The van der Waals surface area contributed by atoms with Crippen molar-refractivity contribution in [3.63, 3.8) is 0 Å². The zero-order valence-electron chi connectivity index (χ0n) is 16.4. The highest BCUT2D eigenvalue weighted by molar-refractivity contribution is 14.0. The summed E-state index contributed by atoms with van der Waals surface area (Å²) in [7, 11) is 0. The van der Waals surface area contributed by atoms with Crippen LogP contribution in [0.5, 0.6) is 5.75 Å². The summed E-state index contributed by atoms with van der Waals surface area (Å²) in [5, 5.41) is 2.82. The van der Waals surface area contributed by atoms with Crippen LogP contribution in [0, 0.1) is 0 Å². The van der Waals surface area contributed by atoms with Crippen molar-refractivity contribution in [2.24, 2.45) is 10.7 Å². The number of nitrogens with two attached hydrogens (primary N) is 1. The van der Waals surface area contributed by atoms with E-state index in [1.807, 2.05) is 31.2 Å². The standard InChI is InChI=1S/C20H24F3N3O3.HI/c1-2-27-10-11-28-14-16-5-3-4-15(12-16)13-25-19(24)26-17-6-8-18(9-7-17)29-20(21,22)23;/h3-9,12H,2,10-11,13-14H2,1H3,(H3,24,25,26);1H. The predicted molar refractivity (Wildman–Crippen MR) is 120 cm³/mol. The van der Waals surface area contributed by atoms with E-state index in [4.69, 9.17) is 15.2 Å². The maximum absolute atomic E-state index is 12.2. The lowest BCUT2D eigenvalue weighted by Gasteiger charge is -2.10. The molecular formula is C20H25F3IN3O3. The number of anilines is 1. The number of halogens is 4. The van der Waals surface area contributed by atoms with Crippen LogP contribution in [-0.4, -0.2) is 32.1 Å². The first-order chi connectivity index (χ1) is 13.9. The van der Waals surface area contributed by atoms with Crippen molar-refractivity contribution >= 4 is 35.6 Å². The molecule has 166 valence electrons. The Kier molecular flexibility index (Phi) is 11.5. The first kappa shape index (κ1) is 26.0. The van der Waals surface area contributed by atoms with Crippen LogP contribution in [0.2, 0.25) is 0 Å². The number of hydrogen-bond donors (Lipinski definition) is 2. The third-order valence-electron chi connectivity index (χ3n) is 3.63. The minimum absolute atomic E-state index is 0. The Hall–Kier alpha value is -2.05. The van der Waals surface area contributed by atoms with Crippen LogP contribution in [0.15, 0.2) is 53.5 Å². The third kappa shape index (κ3) is 10.6. The molecule has 0 aliphatic rings. The third-order valence-corrected chi connectivity index (χ3v) is 3.63. The van der Waals surface area contributed by atoms with E-state index in [1.165, 1.54) is 24.3 Å². The van der Waals surface area contributed by atoms with Crippen molar-refractivity contribution in [1.82, 2.24) is 0 Å². The van der Waals surface area contributed by atoms with Gasteiger partial charge in [-0.3, -0.25) is 0 Å². The van der Waals surface area contributed by atoms with Gasteiger partial charge < -0.3 is 25.3 Å². The number of nitrogens with zero attached hydrogens (tertiary/aromatic N) is 1.